The van der Waals surface area contributed by atoms with E-state index < -0.39 is 0 Å². The van der Waals surface area contributed by atoms with Crippen LogP contribution in [0.4, 0.5) is 0 Å². The number of likely N-dealkylation sites (tertiary alicyclic amines) is 1. The minimum atomic E-state index is 0.101. The van der Waals surface area contributed by atoms with E-state index in [1.165, 1.54) is 11.1 Å². The predicted octanol–water partition coefficient (Wildman–Crippen LogP) is 6.23. The van der Waals surface area contributed by atoms with Gasteiger partial charge in [0, 0.05) is 31.1 Å². The van der Waals surface area contributed by atoms with Gasteiger partial charge < -0.3 is 9.15 Å². The molecule has 1 aromatic heterocycles. The minimum absolute atomic E-state index is 0.101. The predicted molar refractivity (Wildman–Crippen MR) is 140 cm³/mol. The summed E-state index contributed by atoms with van der Waals surface area (Å²) in [7, 11) is 0. The molecule has 0 bridgehead atoms. The fraction of sp³-hybridized carbons (Fsp3) is 0.290. The number of nitriles is 1. The van der Waals surface area contributed by atoms with E-state index in [0.29, 0.717) is 25.0 Å². The first-order valence-corrected chi connectivity index (χ1v) is 12.6. The third-order valence-electron chi connectivity index (χ3n) is 6.85. The molecule has 182 valence electrons. The molecule has 0 spiro atoms. The van der Waals surface area contributed by atoms with E-state index in [2.05, 4.69) is 52.4 Å². The van der Waals surface area contributed by atoms with Gasteiger partial charge in [-0.15, -0.1) is 0 Å². The summed E-state index contributed by atoms with van der Waals surface area (Å²) in [6.45, 7) is 4.21. The van der Waals surface area contributed by atoms with Crippen molar-refractivity contribution in [2.24, 2.45) is 5.92 Å². The van der Waals surface area contributed by atoms with Crippen molar-refractivity contribution in [2.75, 3.05) is 13.2 Å². The Balaban J connectivity index is 1.15. The van der Waals surface area contributed by atoms with E-state index in [1.54, 1.807) is 0 Å². The van der Waals surface area contributed by atoms with Crippen molar-refractivity contribution in [3.8, 4) is 23.3 Å². The van der Waals surface area contributed by atoms with Crippen LogP contribution in [0.2, 0.25) is 0 Å². The number of hydrogen-bond donors (Lipinski definition) is 0. The fourth-order valence-electron chi connectivity index (χ4n) is 4.93. The van der Waals surface area contributed by atoms with Crippen molar-refractivity contribution in [3.05, 3.63) is 108 Å². The Labute approximate surface area is 213 Å². The average molecular weight is 478 g/mol. The van der Waals surface area contributed by atoms with Crippen LogP contribution in [-0.2, 0) is 19.4 Å². The normalized spacial score (nSPS) is 17.7. The summed E-state index contributed by atoms with van der Waals surface area (Å²) in [6.07, 6.45) is 2.55. The van der Waals surface area contributed by atoms with Crippen molar-refractivity contribution >= 4 is 0 Å². The Morgan fingerprint density at radius 1 is 0.972 bits per heavy atom. The summed E-state index contributed by atoms with van der Waals surface area (Å²) in [6, 6.07) is 31.7. The van der Waals surface area contributed by atoms with Gasteiger partial charge in [0.15, 0.2) is 0 Å². The lowest BCUT2D eigenvalue weighted by atomic mass is 10.0. The second kappa shape index (κ2) is 11.2. The van der Waals surface area contributed by atoms with Crippen molar-refractivity contribution in [1.82, 2.24) is 9.88 Å². The molecule has 0 N–H and O–H groups in total. The summed E-state index contributed by atoms with van der Waals surface area (Å²) in [5, 5.41) is 9.51. The maximum absolute atomic E-state index is 9.51. The van der Waals surface area contributed by atoms with Crippen LogP contribution in [-0.4, -0.2) is 29.1 Å². The van der Waals surface area contributed by atoms with E-state index >= 15 is 0 Å². The molecule has 0 amide bonds. The third kappa shape index (κ3) is 5.84. The number of aryl methyl sites for hydroxylation is 1. The summed E-state index contributed by atoms with van der Waals surface area (Å²) in [5.41, 5.74) is 4.47. The van der Waals surface area contributed by atoms with Crippen molar-refractivity contribution < 1.29 is 9.15 Å². The van der Waals surface area contributed by atoms with Gasteiger partial charge in [0.25, 0.3) is 0 Å². The lowest BCUT2D eigenvalue weighted by Crippen LogP contribution is -2.30. The van der Waals surface area contributed by atoms with E-state index in [9.17, 15) is 5.26 Å². The largest absolute Gasteiger partial charge is 0.493 e. The summed E-state index contributed by atoms with van der Waals surface area (Å²) in [4.78, 5) is 7.11. The standard InChI is InChI=1S/C31H31N3O2/c1-23-30(33-31(36-23)27-10-6-3-7-11-27)16-17-35-29-14-12-24(13-15-29)18-28-19-26(20-32)22-34(28)21-25-8-4-2-5-9-25/h2-15,26,28H,16-19,21-22H2,1H3/t26-,28-/m0/s1. The quantitative estimate of drug-likeness (QED) is 0.286. The van der Waals surface area contributed by atoms with Crippen molar-refractivity contribution in [2.45, 2.75) is 38.8 Å². The number of oxazole rings is 1. The van der Waals surface area contributed by atoms with Crippen LogP contribution < -0.4 is 4.74 Å². The van der Waals surface area contributed by atoms with E-state index in [-0.39, 0.29) is 5.92 Å². The molecule has 0 aliphatic carbocycles. The molecular weight excluding hydrogens is 446 g/mol. The molecule has 3 aromatic carbocycles. The molecule has 4 aromatic rings. The molecule has 1 saturated heterocycles. The zero-order valence-corrected chi connectivity index (χ0v) is 20.6. The highest BCUT2D eigenvalue weighted by Gasteiger charge is 2.32. The maximum atomic E-state index is 9.51. The second-order valence-electron chi connectivity index (χ2n) is 9.47. The molecule has 0 radical (unpaired) electrons. The fourth-order valence-corrected chi connectivity index (χ4v) is 4.93. The van der Waals surface area contributed by atoms with Gasteiger partial charge in [0.2, 0.25) is 5.89 Å². The smallest absolute Gasteiger partial charge is 0.226 e. The molecule has 1 aliphatic rings. The van der Waals surface area contributed by atoms with E-state index in [1.807, 2.05) is 55.5 Å². The van der Waals surface area contributed by atoms with Gasteiger partial charge in [-0.1, -0.05) is 60.7 Å². The molecule has 5 rings (SSSR count). The van der Waals surface area contributed by atoms with Gasteiger partial charge in [0.05, 0.1) is 24.3 Å². The number of aromatic nitrogens is 1. The van der Waals surface area contributed by atoms with Crippen LogP contribution in [0.3, 0.4) is 0 Å². The number of nitrogens with zero attached hydrogens (tertiary/aromatic N) is 3. The first kappa shape index (κ1) is 23.8. The Hall–Kier alpha value is -3.88. The van der Waals surface area contributed by atoms with Crippen LogP contribution >= 0.6 is 0 Å². The molecule has 0 unspecified atom stereocenters. The Morgan fingerprint density at radius 2 is 1.69 bits per heavy atom. The molecule has 2 heterocycles. The van der Waals surface area contributed by atoms with E-state index in [0.717, 1.165) is 48.7 Å². The zero-order chi connectivity index (χ0) is 24.7. The van der Waals surface area contributed by atoms with E-state index in [4.69, 9.17) is 9.15 Å². The Kier molecular flexibility index (Phi) is 7.44. The van der Waals surface area contributed by atoms with Crippen molar-refractivity contribution in [3.63, 3.8) is 0 Å². The molecule has 36 heavy (non-hydrogen) atoms. The second-order valence-corrected chi connectivity index (χ2v) is 9.47. The molecule has 2 atom stereocenters. The van der Waals surface area contributed by atoms with Crippen LogP contribution in [0.25, 0.3) is 11.5 Å². The highest BCUT2D eigenvalue weighted by Crippen LogP contribution is 2.28. The van der Waals surface area contributed by atoms with Gasteiger partial charge in [-0.3, -0.25) is 4.90 Å². The molecule has 0 saturated carbocycles. The van der Waals surface area contributed by atoms with Gasteiger partial charge in [-0.25, -0.2) is 4.98 Å². The molecule has 5 heteroatoms. The number of rotatable bonds is 9. The molecule has 1 fully saturated rings. The molecule has 5 nitrogen and oxygen atoms in total. The lowest BCUT2D eigenvalue weighted by Gasteiger charge is -2.24. The number of hydrogen-bond acceptors (Lipinski definition) is 5. The third-order valence-corrected chi connectivity index (χ3v) is 6.85. The summed E-state index contributed by atoms with van der Waals surface area (Å²) in [5.74, 6) is 2.44. The molecular formula is C31H31N3O2. The maximum Gasteiger partial charge on any atom is 0.226 e. The molecule has 1 aliphatic heterocycles. The van der Waals surface area contributed by atoms with Crippen LogP contribution in [0.15, 0.2) is 89.3 Å². The van der Waals surface area contributed by atoms with Crippen LogP contribution in [0, 0.1) is 24.2 Å². The lowest BCUT2D eigenvalue weighted by molar-refractivity contribution is 0.242. The number of ether oxygens (including phenoxy) is 1. The highest BCUT2D eigenvalue weighted by molar-refractivity contribution is 5.53. The van der Waals surface area contributed by atoms with Gasteiger partial charge in [-0.05, 0) is 55.2 Å². The Morgan fingerprint density at radius 3 is 2.42 bits per heavy atom. The van der Waals surface area contributed by atoms with Gasteiger partial charge in [-0.2, -0.15) is 5.26 Å². The first-order chi connectivity index (χ1) is 17.7. The average Bonchev–Trinajstić information content (AvgIpc) is 3.48. The first-order valence-electron chi connectivity index (χ1n) is 12.6. The van der Waals surface area contributed by atoms with Gasteiger partial charge in [0.1, 0.15) is 11.5 Å². The summed E-state index contributed by atoms with van der Waals surface area (Å²) < 4.78 is 11.9. The zero-order valence-electron chi connectivity index (χ0n) is 20.6. The minimum Gasteiger partial charge on any atom is -0.493 e. The number of benzene rings is 3. The van der Waals surface area contributed by atoms with Crippen LogP contribution in [0.1, 0.15) is 29.0 Å². The summed E-state index contributed by atoms with van der Waals surface area (Å²) >= 11 is 0. The monoisotopic (exact) mass is 477 g/mol. The Bertz CT molecular complexity index is 1290. The van der Waals surface area contributed by atoms with Crippen molar-refractivity contribution in [1.29, 1.82) is 5.26 Å². The van der Waals surface area contributed by atoms with Gasteiger partial charge >= 0.3 is 0 Å². The topological polar surface area (TPSA) is 62.3 Å². The highest BCUT2D eigenvalue weighted by atomic mass is 16.5. The van der Waals surface area contributed by atoms with Crippen LogP contribution in [0.5, 0.6) is 5.75 Å². The SMILES string of the molecule is Cc1oc(-c2ccccc2)nc1CCOc1ccc(C[C@H]2C[C@@H](C#N)CN2Cc2ccccc2)cc1.